The van der Waals surface area contributed by atoms with E-state index in [0.717, 1.165) is 8.95 Å². The molecule has 0 aliphatic heterocycles. The highest BCUT2D eigenvalue weighted by Crippen LogP contribution is 2.56. The molecule has 0 atom stereocenters. The summed E-state index contributed by atoms with van der Waals surface area (Å²) in [6.45, 7) is 0. The lowest BCUT2D eigenvalue weighted by atomic mass is 9.87. The molecule has 186 valence electrons. The molecule has 0 saturated carbocycles. The van der Waals surface area contributed by atoms with Gasteiger partial charge in [0.25, 0.3) is 0 Å². The molecule has 9 aromatic carbocycles. The van der Waals surface area contributed by atoms with Gasteiger partial charge in [-0.3, -0.25) is 0 Å². The first kappa shape index (κ1) is 22.8. The van der Waals surface area contributed by atoms with Crippen LogP contribution in [0, 0.1) is 0 Å². The maximum absolute atomic E-state index is 3.86. The van der Waals surface area contributed by atoms with Gasteiger partial charge in [-0.15, -0.1) is 0 Å². The van der Waals surface area contributed by atoms with Gasteiger partial charge < -0.3 is 0 Å². The second kappa shape index (κ2) is 8.27. The van der Waals surface area contributed by atoms with Gasteiger partial charge in [-0.05, 0) is 99.0 Å². The molecule has 0 amide bonds. The number of rotatable bonds is 2. The quantitative estimate of drug-likeness (QED) is 0.177. The summed E-state index contributed by atoms with van der Waals surface area (Å²) in [5.41, 5.74) is 5.15. The molecule has 0 unspecified atom stereocenters. The van der Waals surface area contributed by atoms with Gasteiger partial charge in [-0.2, -0.15) is 0 Å². The largest absolute Gasteiger partial charge is 0.0622 e. The van der Waals surface area contributed by atoms with E-state index in [1.165, 1.54) is 86.9 Å². The molecule has 9 rings (SSSR count). The summed E-state index contributed by atoms with van der Waals surface area (Å²) in [6, 6.07) is 44.6. The zero-order chi connectivity index (χ0) is 26.5. The summed E-state index contributed by atoms with van der Waals surface area (Å²) < 4.78 is 2.27. The summed E-state index contributed by atoms with van der Waals surface area (Å²) in [7, 11) is 0. The standard InChI is InChI=1S/C38H20Br2/c39-29-19-17-27-33-23(29)13-7-15-25(33)35-31(21-9-3-1-4-10-21)36-26-16-8-14-24-30(40)20-18-28(34(24)26)38(36)32(37(27)35)22-11-5-2-6-12-22/h1-20H. The number of benzene rings is 7. The fourth-order valence-electron chi connectivity index (χ4n) is 7.19. The van der Waals surface area contributed by atoms with Crippen molar-refractivity contribution in [2.45, 2.75) is 0 Å². The molecule has 0 nitrogen and oxygen atoms in total. The topological polar surface area (TPSA) is 0 Å². The van der Waals surface area contributed by atoms with Crippen LogP contribution < -0.4 is 0 Å². The third kappa shape index (κ3) is 2.85. The molecular formula is C38H20Br2. The average molecular weight is 636 g/mol. The van der Waals surface area contributed by atoms with Crippen LogP contribution in [0.15, 0.2) is 130 Å². The van der Waals surface area contributed by atoms with Crippen LogP contribution >= 0.6 is 31.9 Å². The number of hydrogen-bond donors (Lipinski definition) is 0. The number of halogens is 2. The summed E-state index contributed by atoms with van der Waals surface area (Å²) >= 11 is 7.72. The smallest absolute Gasteiger partial charge is 0.0254 e. The Balaban J connectivity index is 1.72. The van der Waals surface area contributed by atoms with Gasteiger partial charge in [0.2, 0.25) is 0 Å². The molecule has 0 heterocycles. The van der Waals surface area contributed by atoms with Crippen molar-refractivity contribution < 1.29 is 0 Å². The van der Waals surface area contributed by atoms with Gasteiger partial charge in [0.05, 0.1) is 0 Å². The average Bonchev–Trinajstić information content (AvgIpc) is 3.51. The van der Waals surface area contributed by atoms with Crippen molar-refractivity contribution in [3.05, 3.63) is 130 Å². The van der Waals surface area contributed by atoms with Crippen LogP contribution in [0.5, 0.6) is 0 Å². The molecule has 0 radical (unpaired) electrons. The SMILES string of the molecule is Brc1ccc2c3c(-c4ccccc4)c4c5ccc(Br)c6cccc(c4c(-c4ccccc4)c3c3cccc1c32)c65. The Labute approximate surface area is 247 Å². The Bertz CT molecular complexity index is 2190. The summed E-state index contributed by atoms with van der Waals surface area (Å²) in [4.78, 5) is 0. The van der Waals surface area contributed by atoms with Crippen LogP contribution in [-0.4, -0.2) is 0 Å². The van der Waals surface area contributed by atoms with Crippen molar-refractivity contribution in [2.75, 3.05) is 0 Å². The molecule has 0 N–H and O–H groups in total. The summed E-state index contributed by atoms with van der Waals surface area (Å²) in [6.07, 6.45) is 0. The van der Waals surface area contributed by atoms with Crippen LogP contribution in [0.1, 0.15) is 0 Å². The van der Waals surface area contributed by atoms with E-state index in [4.69, 9.17) is 0 Å². The molecule has 0 aliphatic rings. The third-order valence-corrected chi connectivity index (χ3v) is 10.1. The zero-order valence-corrected chi connectivity index (χ0v) is 24.5. The molecule has 0 fully saturated rings. The normalized spacial score (nSPS) is 12.2. The van der Waals surface area contributed by atoms with Crippen molar-refractivity contribution in [3.63, 3.8) is 0 Å². The molecule has 0 aromatic heterocycles. The predicted molar refractivity (Wildman–Crippen MR) is 180 cm³/mol. The minimum absolute atomic E-state index is 1.14. The second-order valence-corrected chi connectivity index (χ2v) is 12.3. The molecule has 0 spiro atoms. The molecule has 2 heteroatoms. The van der Waals surface area contributed by atoms with Crippen molar-refractivity contribution >= 4 is 96.5 Å². The summed E-state index contributed by atoms with van der Waals surface area (Å²) in [5.74, 6) is 0. The lowest BCUT2D eigenvalue weighted by molar-refractivity contribution is 1.68. The predicted octanol–water partition coefficient (Wildman–Crippen LogP) is 12.3. The van der Waals surface area contributed by atoms with Crippen LogP contribution in [0.3, 0.4) is 0 Å². The third-order valence-electron chi connectivity index (χ3n) is 8.68. The molecule has 0 saturated heterocycles. The first-order chi connectivity index (χ1) is 19.7. The summed E-state index contributed by atoms with van der Waals surface area (Å²) in [5, 5.41) is 15.8. The second-order valence-electron chi connectivity index (χ2n) is 10.6. The van der Waals surface area contributed by atoms with Crippen LogP contribution in [0.25, 0.3) is 86.9 Å². The van der Waals surface area contributed by atoms with Gasteiger partial charge in [-0.1, -0.05) is 141 Å². The Kier molecular flexibility index (Phi) is 4.71. The lowest BCUT2D eigenvalue weighted by Crippen LogP contribution is -1.87. The Morgan fingerprint density at radius 1 is 0.275 bits per heavy atom. The highest BCUT2D eigenvalue weighted by atomic mass is 79.9. The van der Waals surface area contributed by atoms with E-state index >= 15 is 0 Å². The Hall–Kier alpha value is -3.98. The van der Waals surface area contributed by atoms with Gasteiger partial charge in [-0.25, -0.2) is 0 Å². The van der Waals surface area contributed by atoms with E-state index in [9.17, 15) is 0 Å². The van der Waals surface area contributed by atoms with Crippen molar-refractivity contribution in [1.82, 2.24) is 0 Å². The molecule has 40 heavy (non-hydrogen) atoms. The van der Waals surface area contributed by atoms with Crippen LogP contribution in [0.4, 0.5) is 0 Å². The Morgan fingerprint density at radius 3 is 1.02 bits per heavy atom. The van der Waals surface area contributed by atoms with E-state index in [-0.39, 0.29) is 0 Å². The lowest BCUT2D eigenvalue weighted by Gasteiger charge is -2.15. The number of fused-ring (bicyclic) bond motifs is 6. The molecule has 9 aromatic rings. The van der Waals surface area contributed by atoms with E-state index in [0.29, 0.717) is 0 Å². The fraction of sp³-hybridized carbons (Fsp3) is 0. The monoisotopic (exact) mass is 634 g/mol. The van der Waals surface area contributed by atoms with Gasteiger partial charge in [0, 0.05) is 8.95 Å². The van der Waals surface area contributed by atoms with E-state index in [1.807, 2.05) is 0 Å². The fourth-order valence-corrected chi connectivity index (χ4v) is 8.12. The molecule has 0 bridgehead atoms. The maximum atomic E-state index is 3.86. The van der Waals surface area contributed by atoms with E-state index in [1.54, 1.807) is 0 Å². The maximum Gasteiger partial charge on any atom is 0.0254 e. The zero-order valence-electron chi connectivity index (χ0n) is 21.3. The van der Waals surface area contributed by atoms with E-state index < -0.39 is 0 Å². The number of hydrogen-bond acceptors (Lipinski definition) is 0. The highest BCUT2D eigenvalue weighted by Gasteiger charge is 2.27. The van der Waals surface area contributed by atoms with Gasteiger partial charge in [0.1, 0.15) is 0 Å². The molecule has 0 aliphatic carbocycles. The van der Waals surface area contributed by atoms with Gasteiger partial charge in [0.15, 0.2) is 0 Å². The first-order valence-electron chi connectivity index (χ1n) is 13.5. The highest BCUT2D eigenvalue weighted by molar-refractivity contribution is 9.11. The van der Waals surface area contributed by atoms with E-state index in [2.05, 4.69) is 153 Å². The van der Waals surface area contributed by atoms with Crippen molar-refractivity contribution in [3.8, 4) is 22.3 Å². The van der Waals surface area contributed by atoms with Crippen LogP contribution in [0.2, 0.25) is 0 Å². The van der Waals surface area contributed by atoms with Crippen molar-refractivity contribution in [2.24, 2.45) is 0 Å². The van der Waals surface area contributed by atoms with Crippen molar-refractivity contribution in [1.29, 1.82) is 0 Å². The Morgan fingerprint density at radius 2 is 0.625 bits per heavy atom. The minimum Gasteiger partial charge on any atom is -0.0622 e. The van der Waals surface area contributed by atoms with Crippen LogP contribution in [-0.2, 0) is 0 Å². The minimum atomic E-state index is 1.14. The van der Waals surface area contributed by atoms with Gasteiger partial charge >= 0.3 is 0 Å². The first-order valence-corrected chi connectivity index (χ1v) is 15.1. The molecular weight excluding hydrogens is 616 g/mol.